The van der Waals surface area contributed by atoms with E-state index >= 15 is 0 Å². The van der Waals surface area contributed by atoms with Crippen molar-refractivity contribution in [2.45, 2.75) is 6.61 Å². The maximum absolute atomic E-state index is 11.0. The van der Waals surface area contributed by atoms with Crippen molar-refractivity contribution in [3.8, 4) is 5.75 Å². The number of hydrogen-bond acceptors (Lipinski definition) is 3. The number of aromatic carboxylic acids is 1. The molecule has 0 fully saturated rings. The molecule has 0 unspecified atom stereocenters. The monoisotopic (exact) mass is 346 g/mol. The van der Waals surface area contributed by atoms with Crippen molar-refractivity contribution in [1.82, 2.24) is 0 Å². The number of carboxylic acids is 1. The number of hydrogen-bond donors (Lipinski definition) is 1. The second-order valence-corrected chi connectivity index (χ2v) is 6.37. The van der Waals surface area contributed by atoms with Crippen LogP contribution in [0.4, 0.5) is 0 Å². The third-order valence-corrected chi connectivity index (χ3v) is 4.08. The highest BCUT2D eigenvalue weighted by Gasteiger charge is 2.14. The lowest BCUT2D eigenvalue weighted by atomic mass is 10.2. The predicted octanol–water partition coefficient (Wildman–Crippen LogP) is 4.44. The topological polar surface area (TPSA) is 46.5 Å². The molecule has 0 radical (unpaired) electrons. The molecule has 0 spiro atoms. The first-order valence-corrected chi connectivity index (χ1v) is 6.95. The van der Waals surface area contributed by atoms with Crippen LogP contribution in [0, 0.1) is 0 Å². The zero-order chi connectivity index (χ0) is 13.1. The van der Waals surface area contributed by atoms with Gasteiger partial charge in [-0.15, -0.1) is 11.3 Å². The van der Waals surface area contributed by atoms with Crippen molar-refractivity contribution in [1.29, 1.82) is 0 Å². The van der Waals surface area contributed by atoms with E-state index in [0.717, 1.165) is 8.66 Å². The smallest absolute Gasteiger partial charge is 0.339 e. The van der Waals surface area contributed by atoms with Crippen molar-refractivity contribution < 1.29 is 14.6 Å². The standard InChI is InChI=1S/C12H8BrClO3S/c13-10-5-4-7(18-10)6-17-11-8(12(15)16)2-1-3-9(11)14/h1-5H,6H2,(H,15,16). The van der Waals surface area contributed by atoms with Crippen LogP contribution < -0.4 is 4.74 Å². The number of thiophene rings is 1. The maximum atomic E-state index is 11.0. The quantitative estimate of drug-likeness (QED) is 0.889. The summed E-state index contributed by atoms with van der Waals surface area (Å²) in [4.78, 5) is 12.0. The normalized spacial score (nSPS) is 10.3. The molecule has 1 aromatic carbocycles. The van der Waals surface area contributed by atoms with Crippen LogP contribution in [0.25, 0.3) is 0 Å². The van der Waals surface area contributed by atoms with Gasteiger partial charge < -0.3 is 9.84 Å². The summed E-state index contributed by atoms with van der Waals surface area (Å²) in [5, 5.41) is 9.34. The first-order valence-electron chi connectivity index (χ1n) is 4.96. The van der Waals surface area contributed by atoms with Gasteiger partial charge in [0.15, 0.2) is 5.75 Å². The van der Waals surface area contributed by atoms with Gasteiger partial charge in [-0.25, -0.2) is 4.79 Å². The Bertz CT molecular complexity index is 582. The van der Waals surface area contributed by atoms with Gasteiger partial charge >= 0.3 is 5.97 Å². The third kappa shape index (κ3) is 3.04. The van der Waals surface area contributed by atoms with Crippen molar-refractivity contribution >= 4 is 44.8 Å². The van der Waals surface area contributed by atoms with Gasteiger partial charge in [-0.2, -0.15) is 0 Å². The van der Waals surface area contributed by atoms with E-state index in [-0.39, 0.29) is 11.3 Å². The molecule has 6 heteroatoms. The highest BCUT2D eigenvalue weighted by molar-refractivity contribution is 9.11. The lowest BCUT2D eigenvalue weighted by Gasteiger charge is -2.09. The molecule has 0 aliphatic carbocycles. The number of benzene rings is 1. The van der Waals surface area contributed by atoms with Crippen LogP contribution in [0.2, 0.25) is 5.02 Å². The molecule has 0 bridgehead atoms. The third-order valence-electron chi connectivity index (χ3n) is 2.19. The van der Waals surface area contributed by atoms with Crippen LogP contribution >= 0.6 is 38.9 Å². The van der Waals surface area contributed by atoms with E-state index in [1.807, 2.05) is 12.1 Å². The molecule has 2 aromatic rings. The van der Waals surface area contributed by atoms with E-state index in [1.54, 1.807) is 12.1 Å². The zero-order valence-corrected chi connectivity index (χ0v) is 12.2. The number of halogens is 2. The van der Waals surface area contributed by atoms with Crippen LogP contribution in [-0.2, 0) is 6.61 Å². The van der Waals surface area contributed by atoms with Gasteiger partial charge in [-0.1, -0.05) is 17.7 Å². The summed E-state index contributed by atoms with van der Waals surface area (Å²) in [7, 11) is 0. The molecule has 18 heavy (non-hydrogen) atoms. The Morgan fingerprint density at radius 3 is 2.78 bits per heavy atom. The largest absolute Gasteiger partial charge is 0.486 e. The van der Waals surface area contributed by atoms with Gasteiger partial charge in [0, 0.05) is 4.88 Å². The predicted molar refractivity (Wildman–Crippen MR) is 74.8 cm³/mol. The highest BCUT2D eigenvalue weighted by Crippen LogP contribution is 2.30. The molecule has 0 atom stereocenters. The molecule has 2 rings (SSSR count). The molecule has 0 saturated heterocycles. The first-order chi connectivity index (χ1) is 8.58. The van der Waals surface area contributed by atoms with Crippen molar-refractivity contribution in [3.05, 3.63) is 49.6 Å². The summed E-state index contributed by atoms with van der Waals surface area (Å²) in [5.41, 5.74) is 0.0677. The molecule has 0 aliphatic rings. The van der Waals surface area contributed by atoms with Crippen LogP contribution in [0.15, 0.2) is 34.1 Å². The minimum absolute atomic E-state index is 0.0677. The van der Waals surface area contributed by atoms with Gasteiger partial charge in [0.05, 0.1) is 8.81 Å². The first kappa shape index (κ1) is 13.4. The lowest BCUT2D eigenvalue weighted by molar-refractivity contribution is 0.0692. The molecule has 0 amide bonds. The van der Waals surface area contributed by atoms with E-state index in [4.69, 9.17) is 21.4 Å². The van der Waals surface area contributed by atoms with Crippen LogP contribution in [0.3, 0.4) is 0 Å². The van der Waals surface area contributed by atoms with Crippen molar-refractivity contribution in [2.24, 2.45) is 0 Å². The van der Waals surface area contributed by atoms with Crippen molar-refractivity contribution in [2.75, 3.05) is 0 Å². The Balaban J connectivity index is 2.20. The van der Waals surface area contributed by atoms with Crippen LogP contribution in [-0.4, -0.2) is 11.1 Å². The Hall–Kier alpha value is -1.04. The van der Waals surface area contributed by atoms with E-state index < -0.39 is 5.97 Å². The van der Waals surface area contributed by atoms with Crippen LogP contribution in [0.1, 0.15) is 15.2 Å². The molecule has 0 saturated carbocycles. The average Bonchev–Trinajstić information content (AvgIpc) is 2.73. The summed E-state index contributed by atoms with van der Waals surface area (Å²) in [6.45, 7) is 0.292. The summed E-state index contributed by atoms with van der Waals surface area (Å²) in [6, 6.07) is 8.47. The van der Waals surface area contributed by atoms with Gasteiger partial charge in [0.25, 0.3) is 0 Å². The second kappa shape index (κ2) is 5.73. The zero-order valence-electron chi connectivity index (χ0n) is 9.02. The van der Waals surface area contributed by atoms with Gasteiger partial charge in [0.1, 0.15) is 12.2 Å². The van der Waals surface area contributed by atoms with Gasteiger partial charge in [-0.05, 0) is 40.2 Å². The Labute approximate surface area is 121 Å². The molecule has 1 heterocycles. The highest BCUT2D eigenvalue weighted by atomic mass is 79.9. The van der Waals surface area contributed by atoms with E-state index in [1.165, 1.54) is 17.4 Å². The molecular weight excluding hydrogens is 340 g/mol. The number of ether oxygens (including phenoxy) is 1. The Morgan fingerprint density at radius 1 is 1.39 bits per heavy atom. The number of carbonyl (C=O) groups is 1. The number of rotatable bonds is 4. The molecule has 3 nitrogen and oxygen atoms in total. The molecule has 94 valence electrons. The summed E-state index contributed by atoms with van der Waals surface area (Å²) in [5.74, 6) is -0.851. The van der Waals surface area contributed by atoms with E-state index in [2.05, 4.69) is 15.9 Å². The molecular formula is C12H8BrClO3S. The minimum atomic E-state index is -1.06. The Morgan fingerprint density at radius 2 is 2.17 bits per heavy atom. The van der Waals surface area contributed by atoms with E-state index in [9.17, 15) is 4.79 Å². The summed E-state index contributed by atoms with van der Waals surface area (Å²) < 4.78 is 6.50. The van der Waals surface area contributed by atoms with E-state index in [0.29, 0.717) is 11.6 Å². The maximum Gasteiger partial charge on any atom is 0.339 e. The van der Waals surface area contributed by atoms with Crippen molar-refractivity contribution in [3.63, 3.8) is 0 Å². The second-order valence-electron chi connectivity index (χ2n) is 3.42. The fourth-order valence-electron chi connectivity index (χ4n) is 1.40. The lowest BCUT2D eigenvalue weighted by Crippen LogP contribution is -2.03. The number of para-hydroxylation sites is 1. The van der Waals surface area contributed by atoms with Gasteiger partial charge in [-0.3, -0.25) is 0 Å². The SMILES string of the molecule is O=C(O)c1cccc(Cl)c1OCc1ccc(Br)s1. The molecule has 0 aliphatic heterocycles. The summed E-state index contributed by atoms with van der Waals surface area (Å²) >= 11 is 10.8. The minimum Gasteiger partial charge on any atom is -0.486 e. The average molecular weight is 348 g/mol. The fourth-order valence-corrected chi connectivity index (χ4v) is 3.02. The summed E-state index contributed by atoms with van der Waals surface area (Å²) in [6.07, 6.45) is 0. The fraction of sp³-hybridized carbons (Fsp3) is 0.0833. The molecule has 1 N–H and O–H groups in total. The number of carboxylic acid groups (broad SMARTS) is 1. The molecule has 1 aromatic heterocycles. The Kier molecular flexibility index (Phi) is 4.27. The van der Waals surface area contributed by atoms with Crippen LogP contribution in [0.5, 0.6) is 5.75 Å². The van der Waals surface area contributed by atoms with Gasteiger partial charge in [0.2, 0.25) is 0 Å².